The molecule has 0 atom stereocenters. The molecule has 0 aliphatic rings. The van der Waals surface area contributed by atoms with E-state index < -0.39 is 10.1 Å². The van der Waals surface area contributed by atoms with Crippen molar-refractivity contribution in [1.82, 2.24) is 25.0 Å². The van der Waals surface area contributed by atoms with Crippen LogP contribution in [0.2, 0.25) is 0 Å². The maximum Gasteiger partial charge on any atom is 0.340 e. The Morgan fingerprint density at radius 1 is 1.00 bits per heavy atom. The first-order valence-corrected chi connectivity index (χ1v) is 10.5. The van der Waals surface area contributed by atoms with Crippen molar-refractivity contribution in [2.75, 3.05) is 7.11 Å². The maximum atomic E-state index is 12.9. The van der Waals surface area contributed by atoms with E-state index in [0.29, 0.717) is 22.1 Å². The molecule has 0 aliphatic carbocycles. The third kappa shape index (κ3) is 3.24. The number of aromatic nitrogens is 5. The van der Waals surface area contributed by atoms with Crippen LogP contribution in [0.1, 0.15) is 5.56 Å². The van der Waals surface area contributed by atoms with Gasteiger partial charge in [0.25, 0.3) is 5.88 Å². The molecule has 2 aromatic carbocycles. The van der Waals surface area contributed by atoms with Gasteiger partial charge in [0.1, 0.15) is 4.90 Å². The monoisotopic (exact) mass is 437 g/mol. The molecular weight excluding hydrogens is 422 g/mol. The molecule has 5 rings (SSSR count). The minimum absolute atomic E-state index is 0.0225. The van der Waals surface area contributed by atoms with E-state index >= 15 is 0 Å². The van der Waals surface area contributed by atoms with Gasteiger partial charge < -0.3 is 13.4 Å². The lowest BCUT2D eigenvalue weighted by Crippen LogP contribution is -2.12. The third-order valence-corrected chi connectivity index (χ3v) is 5.87. The van der Waals surface area contributed by atoms with Crippen molar-refractivity contribution >= 4 is 26.5 Å². The summed E-state index contributed by atoms with van der Waals surface area (Å²) >= 11 is 0. The number of hydrogen-bond acceptors (Lipinski definition) is 9. The average Bonchev–Trinajstić information content (AvgIpc) is 3.40. The van der Waals surface area contributed by atoms with Gasteiger partial charge in [0, 0.05) is 5.39 Å². The molecule has 0 spiro atoms. The standard InChI is InChI=1S/C20H15N5O5S/c1-12-7-9-13(10-8-12)31(26,27)30-20-15-6-4-3-5-14(15)18-21-22-19(25(18)23-20)16-11-17(28-2)29-24-16/h3-11H,1-2H3. The topological polar surface area (TPSA) is 122 Å². The fourth-order valence-corrected chi connectivity index (χ4v) is 3.99. The first-order chi connectivity index (χ1) is 15.0. The molecule has 0 saturated carbocycles. The zero-order valence-electron chi connectivity index (χ0n) is 16.4. The molecule has 3 heterocycles. The molecular formula is C20H15N5O5S. The van der Waals surface area contributed by atoms with Crippen LogP contribution in [0.5, 0.6) is 11.8 Å². The molecule has 0 N–H and O–H groups in total. The molecule has 0 amide bonds. The Kier molecular flexibility index (Phi) is 4.33. The molecule has 31 heavy (non-hydrogen) atoms. The molecule has 0 saturated heterocycles. The first-order valence-electron chi connectivity index (χ1n) is 9.13. The zero-order valence-corrected chi connectivity index (χ0v) is 17.2. The second-order valence-corrected chi connectivity index (χ2v) is 8.24. The number of nitrogens with zero attached hydrogens (tertiary/aromatic N) is 5. The molecule has 5 aromatic rings. The van der Waals surface area contributed by atoms with Gasteiger partial charge in [-0.05, 0) is 25.1 Å². The van der Waals surface area contributed by atoms with E-state index in [-0.39, 0.29) is 22.5 Å². The van der Waals surface area contributed by atoms with Crippen molar-refractivity contribution < 1.29 is 21.9 Å². The summed E-state index contributed by atoms with van der Waals surface area (Å²) in [5.41, 5.74) is 1.66. The average molecular weight is 437 g/mol. The van der Waals surface area contributed by atoms with E-state index in [4.69, 9.17) is 13.4 Å². The molecule has 10 nitrogen and oxygen atoms in total. The normalized spacial score (nSPS) is 11.8. The van der Waals surface area contributed by atoms with Crippen LogP contribution in [-0.2, 0) is 10.1 Å². The quantitative estimate of drug-likeness (QED) is 0.382. The number of aryl methyl sites for hydroxylation is 1. The Morgan fingerprint density at radius 3 is 2.45 bits per heavy atom. The van der Waals surface area contributed by atoms with Crippen LogP contribution in [-0.4, -0.2) is 40.5 Å². The summed E-state index contributed by atoms with van der Waals surface area (Å²) in [6, 6.07) is 14.9. The molecule has 0 radical (unpaired) electrons. The number of methoxy groups -OCH3 is 1. The second kappa shape index (κ2) is 7.06. The van der Waals surface area contributed by atoms with Gasteiger partial charge in [-0.25, -0.2) is 0 Å². The Labute approximate surface area is 176 Å². The smallest absolute Gasteiger partial charge is 0.340 e. The lowest BCUT2D eigenvalue weighted by Gasteiger charge is -2.10. The van der Waals surface area contributed by atoms with Crippen molar-refractivity contribution in [3.63, 3.8) is 0 Å². The van der Waals surface area contributed by atoms with Crippen LogP contribution >= 0.6 is 0 Å². The van der Waals surface area contributed by atoms with Gasteiger partial charge in [-0.15, -0.1) is 15.3 Å². The number of rotatable bonds is 5. The molecule has 11 heteroatoms. The highest BCUT2D eigenvalue weighted by Crippen LogP contribution is 2.31. The van der Waals surface area contributed by atoms with Gasteiger partial charge in [-0.2, -0.15) is 12.9 Å². The molecule has 0 unspecified atom stereocenters. The lowest BCUT2D eigenvalue weighted by molar-refractivity contribution is 0.261. The molecule has 156 valence electrons. The van der Waals surface area contributed by atoms with Gasteiger partial charge in [-0.3, -0.25) is 0 Å². The number of benzene rings is 2. The molecule has 0 bridgehead atoms. The van der Waals surface area contributed by atoms with Crippen LogP contribution in [0.25, 0.3) is 27.9 Å². The minimum atomic E-state index is -4.12. The lowest BCUT2D eigenvalue weighted by atomic mass is 10.2. The summed E-state index contributed by atoms with van der Waals surface area (Å²) in [5, 5.41) is 17.7. The molecule has 3 aromatic heterocycles. The van der Waals surface area contributed by atoms with E-state index in [1.54, 1.807) is 36.4 Å². The van der Waals surface area contributed by atoms with Crippen molar-refractivity contribution in [3.8, 4) is 23.3 Å². The number of fused-ring (bicyclic) bond motifs is 3. The number of ether oxygens (including phenoxy) is 1. The predicted octanol–water partition coefficient (Wildman–Crippen LogP) is 3.02. The highest BCUT2D eigenvalue weighted by molar-refractivity contribution is 7.87. The van der Waals surface area contributed by atoms with Gasteiger partial charge in [0.05, 0.1) is 18.6 Å². The zero-order chi connectivity index (χ0) is 21.6. The van der Waals surface area contributed by atoms with E-state index in [1.165, 1.54) is 29.8 Å². The second-order valence-electron chi connectivity index (χ2n) is 6.70. The highest BCUT2D eigenvalue weighted by atomic mass is 32.2. The van der Waals surface area contributed by atoms with Crippen molar-refractivity contribution in [2.45, 2.75) is 11.8 Å². The molecule has 0 aliphatic heterocycles. The van der Waals surface area contributed by atoms with Gasteiger partial charge in [0.15, 0.2) is 11.3 Å². The Bertz CT molecular complexity index is 1520. The summed E-state index contributed by atoms with van der Waals surface area (Å²) < 4.78 is 42.6. The van der Waals surface area contributed by atoms with E-state index in [1.807, 2.05) is 6.92 Å². The van der Waals surface area contributed by atoms with Crippen LogP contribution in [0.3, 0.4) is 0 Å². The molecule has 0 fully saturated rings. The Morgan fingerprint density at radius 2 is 1.74 bits per heavy atom. The Hall–Kier alpha value is -3.99. The summed E-state index contributed by atoms with van der Waals surface area (Å²) in [4.78, 5) is 0.0225. The number of hydrogen-bond donors (Lipinski definition) is 0. The minimum Gasteiger partial charge on any atom is -0.467 e. The fraction of sp³-hybridized carbons (Fsp3) is 0.100. The van der Waals surface area contributed by atoms with Gasteiger partial charge in [-0.1, -0.05) is 41.1 Å². The van der Waals surface area contributed by atoms with E-state index in [9.17, 15) is 8.42 Å². The van der Waals surface area contributed by atoms with Crippen LogP contribution < -0.4 is 8.92 Å². The van der Waals surface area contributed by atoms with E-state index in [2.05, 4.69) is 20.5 Å². The maximum absolute atomic E-state index is 12.9. The van der Waals surface area contributed by atoms with Crippen molar-refractivity contribution in [2.24, 2.45) is 0 Å². The Balaban J connectivity index is 1.69. The van der Waals surface area contributed by atoms with Gasteiger partial charge in [0.2, 0.25) is 5.82 Å². The summed E-state index contributed by atoms with van der Waals surface area (Å²) in [7, 11) is -2.68. The van der Waals surface area contributed by atoms with Crippen LogP contribution in [0.15, 0.2) is 64.0 Å². The van der Waals surface area contributed by atoms with Gasteiger partial charge >= 0.3 is 16.1 Å². The van der Waals surface area contributed by atoms with Crippen LogP contribution in [0.4, 0.5) is 0 Å². The van der Waals surface area contributed by atoms with E-state index in [0.717, 1.165) is 5.56 Å². The summed E-state index contributed by atoms with van der Waals surface area (Å²) in [5.74, 6) is 0.316. The van der Waals surface area contributed by atoms with Crippen molar-refractivity contribution in [3.05, 3.63) is 60.2 Å². The summed E-state index contributed by atoms with van der Waals surface area (Å²) in [6.45, 7) is 1.87. The largest absolute Gasteiger partial charge is 0.467 e. The SMILES string of the molecule is COc1cc(-c2nnc3c4ccccc4c(OS(=O)(=O)c4ccc(C)cc4)nn23)no1. The first kappa shape index (κ1) is 19.0. The third-order valence-electron chi connectivity index (χ3n) is 4.65. The fourth-order valence-electron chi connectivity index (χ4n) is 3.09. The summed E-state index contributed by atoms with van der Waals surface area (Å²) in [6.07, 6.45) is 0. The predicted molar refractivity (Wildman–Crippen MR) is 109 cm³/mol. The highest BCUT2D eigenvalue weighted by Gasteiger charge is 2.23. The van der Waals surface area contributed by atoms with Crippen molar-refractivity contribution in [1.29, 1.82) is 0 Å². The van der Waals surface area contributed by atoms with Crippen LogP contribution in [0, 0.1) is 6.92 Å².